The molecule has 4 nitrogen and oxygen atoms in total. The minimum atomic E-state index is -0.866. The summed E-state index contributed by atoms with van der Waals surface area (Å²) in [7, 11) is 0. The molecule has 4 heteroatoms. The Hall–Kier alpha value is -1.91. The van der Waals surface area contributed by atoms with Gasteiger partial charge in [0.25, 0.3) is 0 Å². The molecule has 0 heterocycles. The molecule has 2 unspecified atom stereocenters. The second-order valence-electron chi connectivity index (χ2n) is 9.07. The van der Waals surface area contributed by atoms with Crippen LogP contribution in [0.5, 0.6) is 0 Å². The number of unbranched alkanes of at least 4 members (excludes halogenated alkanes) is 8. The van der Waals surface area contributed by atoms with E-state index < -0.39 is 12.1 Å². The highest BCUT2D eigenvalue weighted by atomic mass is 16.3. The number of carbonyl (C=O) groups excluding carboxylic acids is 1. The average Bonchev–Trinajstić information content (AvgIpc) is 2.86. The summed E-state index contributed by atoms with van der Waals surface area (Å²) in [5.41, 5.74) is 0. The van der Waals surface area contributed by atoms with Gasteiger partial charge in [-0.05, 0) is 57.8 Å². The second kappa shape index (κ2) is 26.7. The first-order valence-corrected chi connectivity index (χ1v) is 14.0. The van der Waals surface area contributed by atoms with Crippen LogP contribution in [-0.4, -0.2) is 34.9 Å². The predicted molar refractivity (Wildman–Crippen MR) is 151 cm³/mol. The van der Waals surface area contributed by atoms with Crippen molar-refractivity contribution in [1.82, 2.24) is 5.32 Å². The number of carbonyl (C=O) groups is 1. The Balaban J connectivity index is 3.79. The normalized spacial score (nSPS) is 14.3. The quantitative estimate of drug-likeness (QED) is 0.103. The third-order valence-corrected chi connectivity index (χ3v) is 5.73. The first-order chi connectivity index (χ1) is 17.2. The molecule has 0 radical (unpaired) electrons. The minimum absolute atomic E-state index is 0.100. The van der Waals surface area contributed by atoms with Crippen molar-refractivity contribution in [2.24, 2.45) is 0 Å². The van der Waals surface area contributed by atoms with Crippen LogP contribution in [0.3, 0.4) is 0 Å². The van der Waals surface area contributed by atoms with Gasteiger partial charge < -0.3 is 15.5 Å². The zero-order valence-electron chi connectivity index (χ0n) is 22.5. The Morgan fingerprint density at radius 1 is 0.714 bits per heavy atom. The fourth-order valence-electron chi connectivity index (χ4n) is 3.54. The van der Waals surface area contributed by atoms with E-state index in [1.807, 2.05) is 6.08 Å². The highest BCUT2D eigenvalue weighted by molar-refractivity contribution is 5.76. The van der Waals surface area contributed by atoms with Crippen molar-refractivity contribution in [2.45, 2.75) is 122 Å². The summed E-state index contributed by atoms with van der Waals surface area (Å²) in [6, 6.07) is -0.645. The first kappa shape index (κ1) is 33.1. The Morgan fingerprint density at radius 2 is 1.29 bits per heavy atom. The van der Waals surface area contributed by atoms with Crippen LogP contribution in [0.1, 0.15) is 110 Å². The van der Waals surface area contributed by atoms with Crippen LogP contribution in [0.2, 0.25) is 0 Å². The highest BCUT2D eigenvalue weighted by Crippen LogP contribution is 2.09. The van der Waals surface area contributed by atoms with Crippen molar-refractivity contribution in [3.8, 4) is 0 Å². The zero-order valence-corrected chi connectivity index (χ0v) is 22.5. The van der Waals surface area contributed by atoms with Crippen molar-refractivity contribution in [2.75, 3.05) is 6.61 Å². The van der Waals surface area contributed by atoms with E-state index in [1.165, 1.54) is 25.7 Å². The van der Waals surface area contributed by atoms with Crippen LogP contribution in [0, 0.1) is 0 Å². The summed E-state index contributed by atoms with van der Waals surface area (Å²) in [5, 5.41) is 22.6. The van der Waals surface area contributed by atoms with Gasteiger partial charge in [-0.3, -0.25) is 4.79 Å². The molecule has 0 spiro atoms. The van der Waals surface area contributed by atoms with E-state index in [0.29, 0.717) is 6.42 Å². The highest BCUT2D eigenvalue weighted by Gasteiger charge is 2.17. The Morgan fingerprint density at radius 3 is 2.00 bits per heavy atom. The molecule has 200 valence electrons. The molecular formula is C31H53NO3. The Bertz CT molecular complexity index is 619. The van der Waals surface area contributed by atoms with E-state index in [-0.39, 0.29) is 12.5 Å². The number of nitrogens with one attached hydrogen (secondary N) is 1. The van der Waals surface area contributed by atoms with E-state index in [1.54, 1.807) is 6.08 Å². The van der Waals surface area contributed by atoms with Crippen molar-refractivity contribution in [1.29, 1.82) is 0 Å². The second-order valence-corrected chi connectivity index (χ2v) is 9.07. The summed E-state index contributed by atoms with van der Waals surface area (Å²) in [4.78, 5) is 12.2. The van der Waals surface area contributed by atoms with Gasteiger partial charge in [0.2, 0.25) is 5.91 Å². The van der Waals surface area contributed by atoms with Crippen LogP contribution in [0.25, 0.3) is 0 Å². The molecule has 0 aliphatic carbocycles. The lowest BCUT2D eigenvalue weighted by Gasteiger charge is -2.19. The molecule has 0 fully saturated rings. The summed E-state index contributed by atoms with van der Waals surface area (Å²) in [5.74, 6) is -0.100. The Labute approximate surface area is 216 Å². The molecule has 0 aromatic carbocycles. The summed E-state index contributed by atoms with van der Waals surface area (Å²) in [6.07, 6.45) is 35.8. The Kier molecular flexibility index (Phi) is 25.2. The maximum absolute atomic E-state index is 12.2. The number of allylic oxidation sites excluding steroid dienone is 9. The number of hydrogen-bond acceptors (Lipinski definition) is 3. The lowest BCUT2D eigenvalue weighted by Crippen LogP contribution is -2.45. The topological polar surface area (TPSA) is 69.6 Å². The number of aliphatic hydroxyl groups excluding tert-OH is 2. The lowest BCUT2D eigenvalue weighted by atomic mass is 10.1. The molecule has 1 amide bonds. The van der Waals surface area contributed by atoms with Gasteiger partial charge in [0.15, 0.2) is 0 Å². The number of hydrogen-bond donors (Lipinski definition) is 3. The summed E-state index contributed by atoms with van der Waals surface area (Å²) >= 11 is 0. The molecule has 0 aromatic heterocycles. The van der Waals surface area contributed by atoms with Crippen LogP contribution in [-0.2, 0) is 4.79 Å². The van der Waals surface area contributed by atoms with Gasteiger partial charge in [0.1, 0.15) is 0 Å². The molecule has 0 bridgehead atoms. The van der Waals surface area contributed by atoms with Gasteiger partial charge in [-0.1, -0.05) is 107 Å². The van der Waals surface area contributed by atoms with Crippen molar-refractivity contribution < 1.29 is 15.0 Å². The van der Waals surface area contributed by atoms with Gasteiger partial charge in [-0.15, -0.1) is 0 Å². The van der Waals surface area contributed by atoms with Crippen molar-refractivity contribution in [3.63, 3.8) is 0 Å². The third kappa shape index (κ3) is 23.6. The molecule has 0 aromatic rings. The SMILES string of the molecule is CC/C=C\C/C=C\C/C=C\CCCCCCCC(=O)NC(CO)C(O)/C=C/CC/C=C/CCCC. The molecule has 0 saturated heterocycles. The monoisotopic (exact) mass is 487 g/mol. The first-order valence-electron chi connectivity index (χ1n) is 14.0. The van der Waals surface area contributed by atoms with Gasteiger partial charge in [0.05, 0.1) is 18.8 Å². The standard InChI is InChI=1S/C31H53NO3/c1-3-5-7-9-11-13-14-15-16-17-18-19-21-23-25-27-31(35)32-29(28-33)30(34)26-24-22-20-12-10-8-6-4-2/h5,7,10-13,15-16,24,26,29-30,33-34H,3-4,6,8-9,14,17-23,25,27-28H2,1-2H3,(H,32,35)/b7-5-,12-10+,13-11-,16-15-,26-24+. The van der Waals surface area contributed by atoms with E-state index in [4.69, 9.17) is 0 Å². The van der Waals surface area contributed by atoms with Gasteiger partial charge >= 0.3 is 0 Å². The molecular weight excluding hydrogens is 434 g/mol. The van der Waals surface area contributed by atoms with Gasteiger partial charge in [-0.25, -0.2) is 0 Å². The molecule has 0 saturated carbocycles. The van der Waals surface area contributed by atoms with Crippen molar-refractivity contribution in [3.05, 3.63) is 60.8 Å². The fourth-order valence-corrected chi connectivity index (χ4v) is 3.54. The number of aliphatic hydroxyl groups is 2. The van der Waals surface area contributed by atoms with Crippen LogP contribution in [0.4, 0.5) is 0 Å². The fraction of sp³-hybridized carbons (Fsp3) is 0.645. The van der Waals surface area contributed by atoms with Gasteiger partial charge in [0, 0.05) is 6.42 Å². The molecule has 2 atom stereocenters. The smallest absolute Gasteiger partial charge is 0.220 e. The lowest BCUT2D eigenvalue weighted by molar-refractivity contribution is -0.123. The maximum atomic E-state index is 12.2. The van der Waals surface area contributed by atoms with Crippen LogP contribution < -0.4 is 5.32 Å². The molecule has 0 aliphatic heterocycles. The largest absolute Gasteiger partial charge is 0.394 e. The average molecular weight is 488 g/mol. The summed E-state index contributed by atoms with van der Waals surface area (Å²) in [6.45, 7) is 4.06. The van der Waals surface area contributed by atoms with Crippen LogP contribution in [0.15, 0.2) is 60.8 Å². The zero-order chi connectivity index (χ0) is 25.8. The minimum Gasteiger partial charge on any atom is -0.394 e. The van der Waals surface area contributed by atoms with E-state index in [0.717, 1.165) is 64.2 Å². The van der Waals surface area contributed by atoms with Crippen molar-refractivity contribution >= 4 is 5.91 Å². The number of rotatable bonds is 23. The van der Waals surface area contributed by atoms with E-state index >= 15 is 0 Å². The van der Waals surface area contributed by atoms with E-state index in [2.05, 4.69) is 67.8 Å². The number of amides is 1. The molecule has 35 heavy (non-hydrogen) atoms. The molecule has 0 rings (SSSR count). The van der Waals surface area contributed by atoms with E-state index in [9.17, 15) is 15.0 Å². The molecule has 0 aliphatic rings. The molecule has 3 N–H and O–H groups in total. The summed E-state index contributed by atoms with van der Waals surface area (Å²) < 4.78 is 0. The predicted octanol–water partition coefficient (Wildman–Crippen LogP) is 7.50. The maximum Gasteiger partial charge on any atom is 0.220 e. The third-order valence-electron chi connectivity index (χ3n) is 5.73. The van der Waals surface area contributed by atoms with Crippen LogP contribution >= 0.6 is 0 Å². The van der Waals surface area contributed by atoms with Gasteiger partial charge in [-0.2, -0.15) is 0 Å².